The van der Waals surface area contributed by atoms with E-state index in [1.807, 2.05) is 18.7 Å². The fraction of sp³-hybridized carbons (Fsp3) is 0.609. The summed E-state index contributed by atoms with van der Waals surface area (Å²) < 4.78 is 10.5. The molecule has 0 radical (unpaired) electrons. The fourth-order valence-electron chi connectivity index (χ4n) is 4.31. The van der Waals surface area contributed by atoms with E-state index in [-0.39, 0.29) is 37.0 Å². The van der Waals surface area contributed by atoms with Crippen LogP contribution in [0.4, 0.5) is 10.5 Å². The summed E-state index contributed by atoms with van der Waals surface area (Å²) in [6, 6.07) is 5.39. The number of nitrogens with zero attached hydrogens (tertiary/aromatic N) is 2. The summed E-state index contributed by atoms with van der Waals surface area (Å²) in [5.41, 5.74) is -0.0241. The molecule has 2 heterocycles. The molecule has 2 aliphatic rings. The highest BCUT2D eigenvalue weighted by molar-refractivity contribution is 6.04. The lowest BCUT2D eigenvalue weighted by atomic mass is 10.0. The molecule has 3 amide bonds. The van der Waals surface area contributed by atoms with Gasteiger partial charge in [0.25, 0.3) is 11.8 Å². The SMILES string of the molecule is COC(=O)NCCN1C(=O)C(C)(C)Oc2ccc(C(=O)N(C(C)C)[C@@H]3CCCNC3)cc21. The van der Waals surface area contributed by atoms with E-state index in [9.17, 15) is 14.4 Å². The lowest BCUT2D eigenvalue weighted by molar-refractivity contribution is -0.132. The molecule has 1 fully saturated rings. The third-order valence-electron chi connectivity index (χ3n) is 5.87. The molecule has 0 aromatic heterocycles. The molecule has 176 valence electrons. The lowest BCUT2D eigenvalue weighted by Crippen LogP contribution is -2.54. The van der Waals surface area contributed by atoms with Crippen molar-refractivity contribution in [3.63, 3.8) is 0 Å². The standard InChI is InChI=1S/C23H34N4O5/c1-15(2)27(17-7-6-10-24-14-17)20(28)16-8-9-19-18(13-16)26(12-11-25-22(30)31-5)21(29)23(3,4)32-19/h8-9,13,15,17,24H,6-7,10-12,14H2,1-5H3,(H,25,30)/t17-/m1/s1. The molecule has 9 heteroatoms. The van der Waals surface area contributed by atoms with Gasteiger partial charge in [-0.3, -0.25) is 9.59 Å². The second-order valence-electron chi connectivity index (χ2n) is 8.98. The summed E-state index contributed by atoms with van der Waals surface area (Å²) in [6.45, 7) is 9.62. The van der Waals surface area contributed by atoms with Crippen LogP contribution in [0.15, 0.2) is 18.2 Å². The lowest BCUT2D eigenvalue weighted by Gasteiger charge is -2.40. The number of nitrogens with one attached hydrogen (secondary N) is 2. The second-order valence-corrected chi connectivity index (χ2v) is 8.98. The van der Waals surface area contributed by atoms with Crippen LogP contribution in [0.2, 0.25) is 0 Å². The molecule has 3 rings (SSSR count). The number of carbonyl (C=O) groups is 3. The van der Waals surface area contributed by atoms with Crippen molar-refractivity contribution in [3.05, 3.63) is 23.8 Å². The topological polar surface area (TPSA) is 100 Å². The number of carbonyl (C=O) groups excluding carboxylic acids is 3. The summed E-state index contributed by atoms with van der Waals surface area (Å²) in [5, 5.41) is 5.97. The van der Waals surface area contributed by atoms with Crippen molar-refractivity contribution in [1.29, 1.82) is 0 Å². The molecule has 2 N–H and O–H groups in total. The number of piperidine rings is 1. The van der Waals surface area contributed by atoms with E-state index in [4.69, 9.17) is 4.74 Å². The quantitative estimate of drug-likeness (QED) is 0.695. The van der Waals surface area contributed by atoms with Crippen LogP contribution < -0.4 is 20.3 Å². The molecule has 1 saturated heterocycles. The summed E-state index contributed by atoms with van der Waals surface area (Å²) >= 11 is 0. The van der Waals surface area contributed by atoms with E-state index in [1.165, 1.54) is 7.11 Å². The second kappa shape index (κ2) is 9.77. The Bertz CT molecular complexity index is 864. The highest BCUT2D eigenvalue weighted by Gasteiger charge is 2.41. The van der Waals surface area contributed by atoms with Crippen LogP contribution >= 0.6 is 0 Å². The van der Waals surface area contributed by atoms with Crippen LogP contribution in [-0.4, -0.2) is 73.8 Å². The van der Waals surface area contributed by atoms with Gasteiger partial charge in [-0.25, -0.2) is 4.79 Å². The van der Waals surface area contributed by atoms with E-state index >= 15 is 0 Å². The maximum absolute atomic E-state index is 13.5. The largest absolute Gasteiger partial charge is 0.476 e. The smallest absolute Gasteiger partial charge is 0.406 e. The molecule has 2 aliphatic heterocycles. The van der Waals surface area contributed by atoms with Gasteiger partial charge in [-0.05, 0) is 65.3 Å². The number of anilines is 1. The number of benzene rings is 1. The van der Waals surface area contributed by atoms with Crippen LogP contribution in [0.1, 0.15) is 50.9 Å². The van der Waals surface area contributed by atoms with E-state index in [2.05, 4.69) is 15.4 Å². The number of methoxy groups -OCH3 is 1. The van der Waals surface area contributed by atoms with Gasteiger partial charge in [0.15, 0.2) is 5.60 Å². The Morgan fingerprint density at radius 3 is 2.75 bits per heavy atom. The van der Waals surface area contributed by atoms with E-state index in [0.717, 1.165) is 25.9 Å². The average Bonchev–Trinajstić information content (AvgIpc) is 2.76. The number of ether oxygens (including phenoxy) is 2. The van der Waals surface area contributed by atoms with Gasteiger partial charge in [0.1, 0.15) is 5.75 Å². The van der Waals surface area contributed by atoms with Gasteiger partial charge in [0.05, 0.1) is 12.8 Å². The molecule has 1 aromatic rings. The Kier molecular flexibility index (Phi) is 7.28. The molecule has 1 atom stereocenters. The number of alkyl carbamates (subject to hydrolysis) is 1. The van der Waals surface area contributed by atoms with E-state index < -0.39 is 11.7 Å². The first kappa shape index (κ1) is 23.8. The first-order chi connectivity index (χ1) is 15.2. The van der Waals surface area contributed by atoms with E-state index in [1.54, 1.807) is 36.9 Å². The van der Waals surface area contributed by atoms with Crippen LogP contribution in [0.25, 0.3) is 0 Å². The minimum absolute atomic E-state index is 0.0422. The zero-order chi connectivity index (χ0) is 23.5. The Hall–Kier alpha value is -2.81. The molecule has 0 aliphatic carbocycles. The number of hydrogen-bond donors (Lipinski definition) is 2. The van der Waals surface area contributed by atoms with Crippen LogP contribution in [0.3, 0.4) is 0 Å². The normalized spacial score (nSPS) is 19.8. The first-order valence-corrected chi connectivity index (χ1v) is 11.2. The van der Waals surface area contributed by atoms with E-state index in [0.29, 0.717) is 17.0 Å². The van der Waals surface area contributed by atoms with Gasteiger partial charge >= 0.3 is 6.09 Å². The molecule has 0 unspecified atom stereocenters. The highest BCUT2D eigenvalue weighted by Crippen LogP contribution is 2.38. The predicted molar refractivity (Wildman–Crippen MR) is 121 cm³/mol. The molecular weight excluding hydrogens is 412 g/mol. The number of amides is 3. The van der Waals surface area contributed by atoms with Gasteiger partial charge < -0.3 is 29.9 Å². The predicted octanol–water partition coefficient (Wildman–Crippen LogP) is 2.15. The van der Waals surface area contributed by atoms with Crippen molar-refractivity contribution in [2.45, 2.75) is 58.2 Å². The molecule has 32 heavy (non-hydrogen) atoms. The maximum Gasteiger partial charge on any atom is 0.406 e. The van der Waals surface area contributed by atoms with Gasteiger partial charge in [0, 0.05) is 37.3 Å². The van der Waals surface area contributed by atoms with Gasteiger partial charge in [-0.2, -0.15) is 0 Å². The first-order valence-electron chi connectivity index (χ1n) is 11.2. The summed E-state index contributed by atoms with van der Waals surface area (Å²) in [4.78, 5) is 41.5. The fourth-order valence-corrected chi connectivity index (χ4v) is 4.31. The minimum Gasteiger partial charge on any atom is -0.476 e. The Labute approximate surface area is 189 Å². The number of rotatable bonds is 6. The van der Waals surface area contributed by atoms with Crippen molar-refractivity contribution in [2.75, 3.05) is 38.2 Å². The maximum atomic E-state index is 13.5. The Morgan fingerprint density at radius 1 is 1.38 bits per heavy atom. The average molecular weight is 447 g/mol. The monoisotopic (exact) mass is 446 g/mol. The molecule has 0 bridgehead atoms. The van der Waals surface area contributed by atoms with Crippen molar-refractivity contribution in [2.24, 2.45) is 0 Å². The van der Waals surface area contributed by atoms with Crippen LogP contribution in [0.5, 0.6) is 5.75 Å². The summed E-state index contributed by atoms with van der Waals surface area (Å²) in [7, 11) is 1.29. The molecule has 0 saturated carbocycles. The molecule has 9 nitrogen and oxygen atoms in total. The molecule has 0 spiro atoms. The molecular formula is C23H34N4O5. The number of hydrogen-bond acceptors (Lipinski definition) is 6. The van der Waals surface area contributed by atoms with Crippen molar-refractivity contribution >= 4 is 23.6 Å². The summed E-state index contributed by atoms with van der Waals surface area (Å²) in [5.74, 6) is 0.222. The zero-order valence-corrected chi connectivity index (χ0v) is 19.6. The third kappa shape index (κ3) is 4.98. The van der Waals surface area contributed by atoms with Gasteiger partial charge in [-0.15, -0.1) is 0 Å². The Balaban J connectivity index is 1.90. The Morgan fingerprint density at radius 2 is 2.12 bits per heavy atom. The van der Waals surface area contributed by atoms with Gasteiger partial charge in [-0.1, -0.05) is 0 Å². The zero-order valence-electron chi connectivity index (χ0n) is 19.6. The van der Waals surface area contributed by atoms with Crippen molar-refractivity contribution in [3.8, 4) is 5.75 Å². The highest BCUT2D eigenvalue weighted by atomic mass is 16.5. The summed E-state index contributed by atoms with van der Waals surface area (Å²) in [6.07, 6.45) is 1.43. The van der Waals surface area contributed by atoms with Crippen molar-refractivity contribution < 1.29 is 23.9 Å². The van der Waals surface area contributed by atoms with Gasteiger partial charge in [0.2, 0.25) is 0 Å². The van der Waals surface area contributed by atoms with Crippen LogP contribution in [-0.2, 0) is 9.53 Å². The third-order valence-corrected chi connectivity index (χ3v) is 5.87. The van der Waals surface area contributed by atoms with Crippen LogP contribution in [0, 0.1) is 0 Å². The number of fused-ring (bicyclic) bond motifs is 1. The molecule has 1 aromatic carbocycles. The minimum atomic E-state index is -1.05. The van der Waals surface area contributed by atoms with Crippen molar-refractivity contribution in [1.82, 2.24) is 15.5 Å².